The molecule has 1 aliphatic rings. The van der Waals surface area contributed by atoms with Gasteiger partial charge in [-0.05, 0) is 18.2 Å². The molecule has 0 aliphatic carbocycles. The second kappa shape index (κ2) is 5.27. The molecule has 0 saturated carbocycles. The number of anilines is 2. The average molecular weight is 249 g/mol. The van der Waals surface area contributed by atoms with Crippen LogP contribution in [0.2, 0.25) is 0 Å². The van der Waals surface area contributed by atoms with Crippen molar-refractivity contribution in [2.24, 2.45) is 0 Å². The van der Waals surface area contributed by atoms with Crippen molar-refractivity contribution >= 4 is 17.3 Å². The summed E-state index contributed by atoms with van der Waals surface area (Å²) in [5.74, 6) is -0.0322. The number of benzene rings is 1. The molecule has 1 fully saturated rings. The lowest BCUT2D eigenvalue weighted by Crippen LogP contribution is -2.36. The molecule has 0 atom stereocenters. The van der Waals surface area contributed by atoms with Crippen LogP contribution in [0.25, 0.3) is 0 Å². The first-order valence-electron chi connectivity index (χ1n) is 6.03. The number of carbonyl (C=O) groups excluding carboxylic acids is 1. The first-order valence-corrected chi connectivity index (χ1v) is 6.03. The largest absolute Gasteiger partial charge is 0.397 e. The van der Waals surface area contributed by atoms with Gasteiger partial charge in [0, 0.05) is 32.7 Å². The zero-order chi connectivity index (χ0) is 13.1. The van der Waals surface area contributed by atoms with Crippen LogP contribution in [0.15, 0.2) is 18.2 Å². The van der Waals surface area contributed by atoms with Crippen LogP contribution >= 0.6 is 0 Å². The number of rotatable bonds is 2. The molecule has 98 valence electrons. The van der Waals surface area contributed by atoms with Gasteiger partial charge in [-0.25, -0.2) is 0 Å². The molecule has 5 heteroatoms. The van der Waals surface area contributed by atoms with Gasteiger partial charge < -0.3 is 20.3 Å². The van der Waals surface area contributed by atoms with E-state index in [1.54, 1.807) is 25.1 Å². The molecular formula is C13H19N3O2. The monoisotopic (exact) mass is 249 g/mol. The zero-order valence-electron chi connectivity index (χ0n) is 10.8. The first kappa shape index (κ1) is 12.7. The minimum Gasteiger partial charge on any atom is -0.397 e. The quantitative estimate of drug-likeness (QED) is 0.788. The van der Waals surface area contributed by atoms with Crippen LogP contribution in [-0.2, 0) is 4.74 Å². The predicted octanol–water partition coefficient (Wildman–Crippen LogP) is 0.807. The van der Waals surface area contributed by atoms with Gasteiger partial charge in [-0.2, -0.15) is 0 Å². The summed E-state index contributed by atoms with van der Waals surface area (Å²) in [6.07, 6.45) is 0. The summed E-state index contributed by atoms with van der Waals surface area (Å²) in [4.78, 5) is 15.5. The van der Waals surface area contributed by atoms with Gasteiger partial charge in [-0.3, -0.25) is 4.79 Å². The molecule has 0 radical (unpaired) electrons. The average Bonchev–Trinajstić information content (AvgIpc) is 2.38. The number of nitrogen functional groups attached to an aromatic ring is 1. The van der Waals surface area contributed by atoms with Crippen LogP contribution in [-0.4, -0.2) is 51.2 Å². The van der Waals surface area contributed by atoms with Crippen molar-refractivity contribution < 1.29 is 9.53 Å². The highest BCUT2D eigenvalue weighted by Crippen LogP contribution is 2.25. The number of hydrogen-bond donors (Lipinski definition) is 1. The van der Waals surface area contributed by atoms with E-state index in [0.29, 0.717) is 11.3 Å². The Morgan fingerprint density at radius 2 is 2.00 bits per heavy atom. The molecule has 0 spiro atoms. The summed E-state index contributed by atoms with van der Waals surface area (Å²) in [5, 5.41) is 0. The van der Waals surface area contributed by atoms with Gasteiger partial charge in [-0.15, -0.1) is 0 Å². The fourth-order valence-corrected chi connectivity index (χ4v) is 2.04. The van der Waals surface area contributed by atoms with Gasteiger partial charge in [0.2, 0.25) is 0 Å². The van der Waals surface area contributed by atoms with Gasteiger partial charge in [-0.1, -0.05) is 0 Å². The van der Waals surface area contributed by atoms with Crippen molar-refractivity contribution in [1.82, 2.24) is 4.90 Å². The molecule has 0 aromatic heterocycles. The van der Waals surface area contributed by atoms with Crippen molar-refractivity contribution in [1.29, 1.82) is 0 Å². The van der Waals surface area contributed by atoms with Gasteiger partial charge in [0.05, 0.1) is 24.6 Å². The van der Waals surface area contributed by atoms with Crippen molar-refractivity contribution in [3.05, 3.63) is 23.8 Å². The molecule has 1 saturated heterocycles. The summed E-state index contributed by atoms with van der Waals surface area (Å²) >= 11 is 0. The number of amides is 1. The maximum absolute atomic E-state index is 11.8. The molecular weight excluding hydrogens is 230 g/mol. The van der Waals surface area contributed by atoms with Crippen molar-refractivity contribution in [3.63, 3.8) is 0 Å². The number of nitrogens with two attached hydrogens (primary N) is 1. The number of morpholine rings is 1. The van der Waals surface area contributed by atoms with Gasteiger partial charge in [0.25, 0.3) is 5.91 Å². The van der Waals surface area contributed by atoms with E-state index in [0.717, 1.165) is 32.0 Å². The highest BCUT2D eigenvalue weighted by Gasteiger charge is 2.15. The maximum Gasteiger partial charge on any atom is 0.253 e. The Kier molecular flexibility index (Phi) is 3.72. The fourth-order valence-electron chi connectivity index (χ4n) is 2.04. The van der Waals surface area contributed by atoms with E-state index < -0.39 is 0 Å². The lowest BCUT2D eigenvalue weighted by molar-refractivity contribution is 0.0827. The van der Waals surface area contributed by atoms with Crippen LogP contribution < -0.4 is 10.6 Å². The summed E-state index contributed by atoms with van der Waals surface area (Å²) in [5.41, 5.74) is 8.28. The molecule has 2 rings (SSSR count). The third-order valence-electron chi connectivity index (χ3n) is 3.03. The third kappa shape index (κ3) is 2.56. The SMILES string of the molecule is CN(C)C(=O)c1ccc(N2CCOCC2)c(N)c1. The standard InChI is InChI=1S/C13H19N3O2/c1-15(2)13(17)10-3-4-12(11(14)9-10)16-5-7-18-8-6-16/h3-4,9H,5-8,14H2,1-2H3. The summed E-state index contributed by atoms with van der Waals surface area (Å²) in [6, 6.07) is 5.48. The van der Waals surface area contributed by atoms with E-state index in [-0.39, 0.29) is 5.91 Å². The van der Waals surface area contributed by atoms with Crippen molar-refractivity contribution in [2.75, 3.05) is 51.0 Å². The molecule has 2 N–H and O–H groups in total. The van der Waals surface area contributed by atoms with Crippen LogP contribution in [0.1, 0.15) is 10.4 Å². The summed E-state index contributed by atoms with van der Waals surface area (Å²) in [6.45, 7) is 3.12. The Morgan fingerprint density at radius 1 is 1.33 bits per heavy atom. The first-order chi connectivity index (χ1) is 8.59. The molecule has 0 bridgehead atoms. The van der Waals surface area contributed by atoms with E-state index in [2.05, 4.69) is 4.90 Å². The zero-order valence-corrected chi connectivity index (χ0v) is 10.8. The Bertz CT molecular complexity index is 440. The van der Waals surface area contributed by atoms with Crippen molar-refractivity contribution in [3.8, 4) is 0 Å². The van der Waals surface area contributed by atoms with Gasteiger partial charge >= 0.3 is 0 Å². The van der Waals surface area contributed by atoms with E-state index in [9.17, 15) is 4.79 Å². The number of nitrogens with zero attached hydrogens (tertiary/aromatic N) is 2. The highest BCUT2D eigenvalue weighted by atomic mass is 16.5. The van der Waals surface area contributed by atoms with Gasteiger partial charge in [0.15, 0.2) is 0 Å². The number of carbonyl (C=O) groups is 1. The Balaban J connectivity index is 2.21. The second-order valence-corrected chi connectivity index (χ2v) is 4.57. The lowest BCUT2D eigenvalue weighted by Gasteiger charge is -2.30. The molecule has 1 heterocycles. The summed E-state index contributed by atoms with van der Waals surface area (Å²) < 4.78 is 5.31. The van der Waals surface area contributed by atoms with E-state index in [4.69, 9.17) is 10.5 Å². The van der Waals surface area contributed by atoms with Crippen LogP contribution in [0, 0.1) is 0 Å². The lowest BCUT2D eigenvalue weighted by atomic mass is 10.1. The van der Waals surface area contributed by atoms with Gasteiger partial charge in [0.1, 0.15) is 0 Å². The highest BCUT2D eigenvalue weighted by molar-refractivity contribution is 5.95. The minimum absolute atomic E-state index is 0.0322. The molecule has 1 amide bonds. The number of ether oxygens (including phenoxy) is 1. The topological polar surface area (TPSA) is 58.8 Å². The fraction of sp³-hybridized carbons (Fsp3) is 0.462. The maximum atomic E-state index is 11.8. The predicted molar refractivity (Wildman–Crippen MR) is 71.9 cm³/mol. The minimum atomic E-state index is -0.0322. The van der Waals surface area contributed by atoms with Crippen molar-refractivity contribution in [2.45, 2.75) is 0 Å². The molecule has 1 aromatic carbocycles. The molecule has 0 unspecified atom stereocenters. The van der Waals surface area contributed by atoms with Crippen LogP contribution in [0.3, 0.4) is 0 Å². The third-order valence-corrected chi connectivity index (χ3v) is 3.03. The Hall–Kier alpha value is -1.75. The molecule has 18 heavy (non-hydrogen) atoms. The second-order valence-electron chi connectivity index (χ2n) is 4.57. The van der Waals surface area contributed by atoms with Crippen LogP contribution in [0.4, 0.5) is 11.4 Å². The normalized spacial score (nSPS) is 15.6. The molecule has 5 nitrogen and oxygen atoms in total. The van der Waals surface area contributed by atoms with Crippen LogP contribution in [0.5, 0.6) is 0 Å². The molecule has 1 aromatic rings. The number of hydrogen-bond acceptors (Lipinski definition) is 4. The Morgan fingerprint density at radius 3 is 2.56 bits per heavy atom. The Labute approximate surface area is 107 Å². The van der Waals surface area contributed by atoms with E-state index in [1.807, 2.05) is 12.1 Å². The van der Waals surface area contributed by atoms with E-state index >= 15 is 0 Å². The smallest absolute Gasteiger partial charge is 0.253 e. The molecule has 1 aliphatic heterocycles. The summed E-state index contributed by atoms with van der Waals surface area (Å²) in [7, 11) is 3.46. The van der Waals surface area contributed by atoms with E-state index in [1.165, 1.54) is 0 Å².